The number of carbonyl (C=O) groups excluding carboxylic acids is 1. The lowest BCUT2D eigenvalue weighted by atomic mass is 9.96. The van der Waals surface area contributed by atoms with Crippen molar-refractivity contribution in [1.82, 2.24) is 24.8 Å². The highest BCUT2D eigenvalue weighted by atomic mass is 16.2. The second-order valence-corrected chi connectivity index (χ2v) is 6.72. The third-order valence-corrected chi connectivity index (χ3v) is 4.81. The van der Waals surface area contributed by atoms with Crippen molar-refractivity contribution in [3.63, 3.8) is 0 Å². The van der Waals surface area contributed by atoms with Crippen molar-refractivity contribution in [3.05, 3.63) is 40.9 Å². The molecule has 7 nitrogen and oxygen atoms in total. The Morgan fingerprint density at radius 3 is 2.68 bits per heavy atom. The highest BCUT2D eigenvalue weighted by Crippen LogP contribution is 2.38. The van der Waals surface area contributed by atoms with Gasteiger partial charge in [-0.1, -0.05) is 0 Å². The van der Waals surface area contributed by atoms with Crippen LogP contribution in [0.5, 0.6) is 0 Å². The number of carbonyl (C=O) groups is 1. The van der Waals surface area contributed by atoms with Crippen LogP contribution < -0.4 is 5.32 Å². The Bertz CT molecular complexity index is 821. The average molecular weight is 340 g/mol. The van der Waals surface area contributed by atoms with Crippen molar-refractivity contribution in [1.29, 1.82) is 0 Å². The van der Waals surface area contributed by atoms with Gasteiger partial charge in [-0.15, -0.1) is 0 Å². The van der Waals surface area contributed by atoms with Crippen LogP contribution >= 0.6 is 0 Å². The van der Waals surface area contributed by atoms with E-state index in [0.717, 1.165) is 24.4 Å². The van der Waals surface area contributed by atoms with Crippen LogP contribution in [0.1, 0.15) is 53.2 Å². The first kappa shape index (κ1) is 17.3. The Morgan fingerprint density at radius 2 is 2.00 bits per heavy atom. The van der Waals surface area contributed by atoms with Crippen molar-refractivity contribution in [3.8, 4) is 0 Å². The lowest BCUT2D eigenvalue weighted by Crippen LogP contribution is -2.44. The first-order valence-corrected chi connectivity index (χ1v) is 8.51. The highest BCUT2D eigenvalue weighted by molar-refractivity contribution is 5.95. The second kappa shape index (κ2) is 6.38. The number of aromatic nitrogens is 4. The van der Waals surface area contributed by atoms with Gasteiger partial charge in [0, 0.05) is 31.5 Å². The number of nitrogens with zero attached hydrogens (tertiary/aromatic N) is 5. The maximum atomic E-state index is 13.2. The van der Waals surface area contributed by atoms with E-state index in [1.807, 2.05) is 45.7 Å². The summed E-state index contributed by atoms with van der Waals surface area (Å²) in [6.07, 6.45) is 3.37. The topological polar surface area (TPSA) is 83.9 Å². The molecule has 7 heteroatoms. The summed E-state index contributed by atoms with van der Waals surface area (Å²) >= 11 is 0. The fourth-order valence-electron chi connectivity index (χ4n) is 3.40. The maximum Gasteiger partial charge on any atom is 0.258 e. The highest BCUT2D eigenvalue weighted by Gasteiger charge is 2.44. The van der Waals surface area contributed by atoms with Gasteiger partial charge in [0.05, 0.1) is 11.3 Å². The van der Waals surface area contributed by atoms with Crippen LogP contribution in [0, 0.1) is 20.8 Å². The summed E-state index contributed by atoms with van der Waals surface area (Å²) in [4.78, 5) is 32.8. The number of rotatable bonds is 3. The standard InChI is InChI=1S/C18H24N6O/c1-11-9-15(19-5)23-17(21-11)18(4)7-6-8-24(18)16(25)14-10-20-13(3)22-12(14)2/h9-10H,6-8H2,1-5H3,(H,19,21,23). The lowest BCUT2D eigenvalue weighted by Gasteiger charge is -2.34. The molecule has 1 saturated heterocycles. The zero-order valence-electron chi connectivity index (χ0n) is 15.4. The van der Waals surface area contributed by atoms with E-state index in [4.69, 9.17) is 0 Å². The van der Waals surface area contributed by atoms with E-state index in [2.05, 4.69) is 25.3 Å². The van der Waals surface area contributed by atoms with Gasteiger partial charge in [0.2, 0.25) is 0 Å². The molecule has 0 radical (unpaired) electrons. The van der Waals surface area contributed by atoms with E-state index in [1.54, 1.807) is 6.20 Å². The third kappa shape index (κ3) is 3.06. The van der Waals surface area contributed by atoms with Gasteiger partial charge in [0.25, 0.3) is 5.91 Å². The van der Waals surface area contributed by atoms with Gasteiger partial charge in [-0.2, -0.15) is 0 Å². The number of nitrogens with one attached hydrogen (secondary N) is 1. The molecule has 0 bridgehead atoms. The van der Waals surface area contributed by atoms with E-state index in [-0.39, 0.29) is 5.91 Å². The Labute approximate surface area is 147 Å². The molecule has 2 aromatic rings. The number of hydrogen-bond acceptors (Lipinski definition) is 6. The molecule has 1 N–H and O–H groups in total. The fraction of sp³-hybridized carbons (Fsp3) is 0.500. The molecular weight excluding hydrogens is 316 g/mol. The van der Waals surface area contributed by atoms with Gasteiger partial charge in [0.15, 0.2) is 5.82 Å². The molecule has 1 amide bonds. The van der Waals surface area contributed by atoms with Gasteiger partial charge in [0.1, 0.15) is 17.2 Å². The molecule has 3 heterocycles. The summed E-state index contributed by atoms with van der Waals surface area (Å²) in [5.74, 6) is 2.04. The molecule has 0 spiro atoms. The van der Waals surface area contributed by atoms with Gasteiger partial charge >= 0.3 is 0 Å². The van der Waals surface area contributed by atoms with Gasteiger partial charge in [-0.3, -0.25) is 4.79 Å². The van der Waals surface area contributed by atoms with E-state index >= 15 is 0 Å². The van der Waals surface area contributed by atoms with Crippen molar-refractivity contribution in [2.45, 2.75) is 46.1 Å². The summed E-state index contributed by atoms with van der Waals surface area (Å²) in [6, 6.07) is 1.89. The summed E-state index contributed by atoms with van der Waals surface area (Å²) in [6.45, 7) is 8.32. The van der Waals surface area contributed by atoms with E-state index in [9.17, 15) is 4.79 Å². The van der Waals surface area contributed by atoms with Gasteiger partial charge < -0.3 is 10.2 Å². The van der Waals surface area contributed by atoms with Crippen LogP contribution in [-0.2, 0) is 5.54 Å². The third-order valence-electron chi connectivity index (χ3n) is 4.81. The molecule has 132 valence electrons. The first-order chi connectivity index (χ1) is 11.8. The summed E-state index contributed by atoms with van der Waals surface area (Å²) < 4.78 is 0. The molecule has 2 aromatic heterocycles. The second-order valence-electron chi connectivity index (χ2n) is 6.72. The molecule has 1 atom stereocenters. The molecule has 0 saturated carbocycles. The predicted octanol–water partition coefficient (Wildman–Crippen LogP) is 2.38. The van der Waals surface area contributed by atoms with Crippen LogP contribution in [0.2, 0.25) is 0 Å². The van der Waals surface area contributed by atoms with Gasteiger partial charge in [-0.25, -0.2) is 19.9 Å². The fourth-order valence-corrected chi connectivity index (χ4v) is 3.40. The minimum Gasteiger partial charge on any atom is -0.373 e. The average Bonchev–Trinajstić information content (AvgIpc) is 2.97. The monoisotopic (exact) mass is 340 g/mol. The van der Waals surface area contributed by atoms with Crippen LogP contribution in [0.3, 0.4) is 0 Å². The Balaban J connectivity index is 2.01. The number of likely N-dealkylation sites (tertiary alicyclic amines) is 1. The zero-order valence-corrected chi connectivity index (χ0v) is 15.4. The number of anilines is 1. The first-order valence-electron chi connectivity index (χ1n) is 8.51. The van der Waals surface area contributed by atoms with E-state index in [0.29, 0.717) is 29.5 Å². The molecule has 1 aliphatic rings. The Morgan fingerprint density at radius 1 is 1.24 bits per heavy atom. The normalized spacial score (nSPS) is 20.0. The number of amides is 1. The lowest BCUT2D eigenvalue weighted by molar-refractivity contribution is 0.0602. The molecule has 1 aliphatic heterocycles. The van der Waals surface area contributed by atoms with Crippen molar-refractivity contribution in [2.75, 3.05) is 18.9 Å². The number of hydrogen-bond donors (Lipinski definition) is 1. The van der Waals surface area contributed by atoms with Crippen LogP contribution in [0.25, 0.3) is 0 Å². The summed E-state index contributed by atoms with van der Waals surface area (Å²) in [5, 5.41) is 3.07. The zero-order chi connectivity index (χ0) is 18.2. The van der Waals surface area contributed by atoms with Crippen molar-refractivity contribution >= 4 is 11.7 Å². The van der Waals surface area contributed by atoms with Crippen LogP contribution in [-0.4, -0.2) is 44.3 Å². The maximum absolute atomic E-state index is 13.2. The van der Waals surface area contributed by atoms with Crippen molar-refractivity contribution < 1.29 is 4.79 Å². The summed E-state index contributed by atoms with van der Waals surface area (Å²) in [5.41, 5.74) is 1.59. The minimum atomic E-state index is -0.536. The Kier molecular flexibility index (Phi) is 4.41. The molecule has 1 unspecified atom stereocenters. The molecule has 25 heavy (non-hydrogen) atoms. The predicted molar refractivity (Wildman–Crippen MR) is 95.4 cm³/mol. The van der Waals surface area contributed by atoms with Crippen LogP contribution in [0.15, 0.2) is 12.3 Å². The quantitative estimate of drug-likeness (QED) is 0.923. The molecule has 1 fully saturated rings. The van der Waals surface area contributed by atoms with E-state index in [1.165, 1.54) is 0 Å². The molecular formula is C18H24N6O. The van der Waals surface area contributed by atoms with Gasteiger partial charge in [-0.05, 0) is 40.5 Å². The molecule has 3 rings (SSSR count). The minimum absolute atomic E-state index is 0.0615. The number of aryl methyl sites for hydroxylation is 3. The molecule has 0 aromatic carbocycles. The smallest absolute Gasteiger partial charge is 0.258 e. The SMILES string of the molecule is CNc1cc(C)nc(C2(C)CCCN2C(=O)c2cnc(C)nc2C)n1. The van der Waals surface area contributed by atoms with E-state index < -0.39 is 5.54 Å². The molecule has 0 aliphatic carbocycles. The van der Waals surface area contributed by atoms with Crippen molar-refractivity contribution in [2.24, 2.45) is 0 Å². The largest absolute Gasteiger partial charge is 0.373 e. The Hall–Kier alpha value is -2.57. The summed E-state index contributed by atoms with van der Waals surface area (Å²) in [7, 11) is 1.83. The van der Waals surface area contributed by atoms with Crippen LogP contribution in [0.4, 0.5) is 5.82 Å².